The van der Waals surface area contributed by atoms with Crippen molar-refractivity contribution in [1.29, 1.82) is 0 Å². The lowest BCUT2D eigenvalue weighted by molar-refractivity contribution is -0.139. The van der Waals surface area contributed by atoms with Gasteiger partial charge in [-0.3, -0.25) is 4.55 Å². The number of hydrogen-bond acceptors (Lipinski definition) is 9. The van der Waals surface area contributed by atoms with Crippen LogP contribution in [0.2, 0.25) is 5.02 Å². The number of methoxy groups -OCH3 is 1. The zero-order valence-corrected chi connectivity index (χ0v) is 20.5. The number of benzene rings is 1. The van der Waals surface area contributed by atoms with Crippen molar-refractivity contribution in [3.05, 3.63) is 57.4 Å². The van der Waals surface area contributed by atoms with Crippen molar-refractivity contribution in [3.63, 3.8) is 0 Å². The van der Waals surface area contributed by atoms with Gasteiger partial charge >= 0.3 is 11.9 Å². The minimum absolute atomic E-state index is 0.109. The first-order valence-corrected chi connectivity index (χ1v) is 12.1. The van der Waals surface area contributed by atoms with Gasteiger partial charge in [0.1, 0.15) is 0 Å². The van der Waals surface area contributed by atoms with Gasteiger partial charge in [0, 0.05) is 17.3 Å². The Labute approximate surface area is 198 Å². The zero-order valence-electron chi connectivity index (χ0n) is 18.9. The van der Waals surface area contributed by atoms with E-state index in [0.29, 0.717) is 47.0 Å². The van der Waals surface area contributed by atoms with Crippen molar-refractivity contribution in [1.82, 2.24) is 5.32 Å². The van der Waals surface area contributed by atoms with E-state index in [2.05, 4.69) is 5.32 Å². The molecule has 0 aliphatic carbocycles. The van der Waals surface area contributed by atoms with Gasteiger partial charge in [0.25, 0.3) is 10.1 Å². The molecule has 12 heteroatoms. The monoisotopic (exact) mass is 504 g/mol. The Morgan fingerprint density at radius 1 is 1.21 bits per heavy atom. The number of hydrogen-bond donors (Lipinski definition) is 3. The maximum absolute atomic E-state index is 12.9. The fourth-order valence-corrected chi connectivity index (χ4v) is 3.36. The van der Waals surface area contributed by atoms with Gasteiger partial charge in [-0.1, -0.05) is 29.8 Å². The first kappa shape index (κ1) is 28.6. The summed E-state index contributed by atoms with van der Waals surface area (Å²) in [4.78, 5) is 25.5. The van der Waals surface area contributed by atoms with Gasteiger partial charge in [-0.05, 0) is 25.5 Å². The lowest BCUT2D eigenvalue weighted by Gasteiger charge is -2.31. The number of rotatable bonds is 8. The number of halogens is 1. The van der Waals surface area contributed by atoms with E-state index < -0.39 is 28.0 Å². The van der Waals surface area contributed by atoms with Crippen molar-refractivity contribution < 1.29 is 36.8 Å². The summed E-state index contributed by atoms with van der Waals surface area (Å²) in [5.74, 6) is -1.86. The van der Waals surface area contributed by atoms with Crippen molar-refractivity contribution >= 4 is 33.7 Å². The fourth-order valence-electron chi connectivity index (χ4n) is 3.12. The highest BCUT2D eigenvalue weighted by atomic mass is 35.5. The molecule has 1 unspecified atom stereocenters. The van der Waals surface area contributed by atoms with Crippen molar-refractivity contribution in [2.75, 3.05) is 39.7 Å². The Morgan fingerprint density at radius 3 is 2.33 bits per heavy atom. The van der Waals surface area contributed by atoms with E-state index in [-0.39, 0.29) is 18.8 Å². The summed E-state index contributed by atoms with van der Waals surface area (Å²) in [6.45, 7) is 4.42. The van der Waals surface area contributed by atoms with E-state index in [0.717, 1.165) is 0 Å². The van der Waals surface area contributed by atoms with Gasteiger partial charge in [-0.15, -0.1) is 0 Å². The van der Waals surface area contributed by atoms with Crippen molar-refractivity contribution in [2.24, 2.45) is 5.73 Å². The highest BCUT2D eigenvalue weighted by molar-refractivity contribution is 7.85. The SMILES string of the molecule is CCOC(=O)C1=C(COCCN)NC(C)=C(C(=O)OC)C1c1ccccc1Cl.CS(=O)(=O)O. The summed E-state index contributed by atoms with van der Waals surface area (Å²) in [6, 6.07) is 7.05. The van der Waals surface area contributed by atoms with Crippen LogP contribution in [-0.4, -0.2) is 64.6 Å². The molecule has 0 bridgehead atoms. The lowest BCUT2D eigenvalue weighted by atomic mass is 9.80. The van der Waals surface area contributed by atoms with E-state index in [1.807, 2.05) is 0 Å². The second-order valence-electron chi connectivity index (χ2n) is 6.80. The summed E-state index contributed by atoms with van der Waals surface area (Å²) in [5.41, 5.74) is 7.70. The summed E-state index contributed by atoms with van der Waals surface area (Å²) >= 11 is 6.42. The van der Waals surface area contributed by atoms with E-state index in [1.54, 1.807) is 38.1 Å². The molecule has 0 saturated carbocycles. The number of esters is 2. The molecule has 0 radical (unpaired) electrons. The number of nitrogens with one attached hydrogen (secondary N) is 1. The summed E-state index contributed by atoms with van der Waals surface area (Å²) < 4.78 is 41.7. The van der Waals surface area contributed by atoms with Crippen LogP contribution in [0.3, 0.4) is 0 Å². The Kier molecular flexibility index (Phi) is 11.5. The number of carbonyl (C=O) groups is 2. The minimum Gasteiger partial charge on any atom is -0.466 e. The third kappa shape index (κ3) is 8.78. The molecule has 0 spiro atoms. The summed E-state index contributed by atoms with van der Waals surface area (Å²) in [7, 11) is -2.38. The van der Waals surface area contributed by atoms with Gasteiger partial charge < -0.3 is 25.3 Å². The molecule has 1 atom stereocenters. The van der Waals surface area contributed by atoms with Crippen LogP contribution in [0.15, 0.2) is 46.8 Å². The molecule has 1 heterocycles. The second-order valence-corrected chi connectivity index (χ2v) is 8.67. The minimum atomic E-state index is -3.67. The quantitative estimate of drug-likeness (QED) is 0.271. The third-order valence-electron chi connectivity index (χ3n) is 4.27. The number of ether oxygens (including phenoxy) is 3. The average Bonchev–Trinajstić information content (AvgIpc) is 2.72. The lowest BCUT2D eigenvalue weighted by Crippen LogP contribution is -2.35. The van der Waals surface area contributed by atoms with Crippen LogP contribution in [-0.2, 0) is 33.9 Å². The van der Waals surface area contributed by atoms with Gasteiger partial charge in [-0.2, -0.15) is 8.42 Å². The number of allylic oxidation sites excluding steroid dienone is 1. The molecular weight excluding hydrogens is 476 g/mol. The third-order valence-corrected chi connectivity index (χ3v) is 4.61. The Morgan fingerprint density at radius 2 is 1.82 bits per heavy atom. The largest absolute Gasteiger partial charge is 0.466 e. The van der Waals surface area contributed by atoms with Crippen LogP contribution in [0.5, 0.6) is 0 Å². The molecule has 0 fully saturated rings. The molecule has 184 valence electrons. The van der Waals surface area contributed by atoms with Crippen molar-refractivity contribution in [2.45, 2.75) is 19.8 Å². The standard InChI is InChI=1S/C20H25ClN2O5.CH4O3S/c1-4-28-20(25)18-15(11-27-10-9-22)23-12(2)16(19(24)26-3)17(18)13-7-5-6-8-14(13)21;1-5(2,3)4/h5-8,17,23H,4,9-11,22H2,1-3H3;1H3,(H,2,3,4). The number of carbonyl (C=O) groups excluding carboxylic acids is 2. The van der Waals surface area contributed by atoms with Gasteiger partial charge in [0.2, 0.25) is 0 Å². The molecular formula is C21H29ClN2O8S. The molecule has 2 rings (SSSR count). The number of dihydropyridines is 1. The zero-order chi connectivity index (χ0) is 25.2. The van der Waals surface area contributed by atoms with Crippen molar-refractivity contribution in [3.8, 4) is 0 Å². The molecule has 1 aliphatic rings. The van der Waals surface area contributed by atoms with Crippen LogP contribution >= 0.6 is 11.6 Å². The summed E-state index contributed by atoms with van der Waals surface area (Å²) in [6.07, 6.45) is 0.715. The molecule has 1 aromatic carbocycles. The normalized spacial score (nSPS) is 15.9. The molecule has 0 aromatic heterocycles. The Balaban J connectivity index is 0.000000981. The Bertz CT molecular complexity index is 1010. The van der Waals surface area contributed by atoms with Crippen LogP contribution in [0.1, 0.15) is 25.3 Å². The molecule has 10 nitrogen and oxygen atoms in total. The second kappa shape index (κ2) is 13.3. The van der Waals surface area contributed by atoms with E-state index in [1.165, 1.54) is 7.11 Å². The first-order valence-electron chi connectivity index (χ1n) is 9.87. The molecule has 0 saturated heterocycles. The van der Waals surface area contributed by atoms with Crippen LogP contribution in [0.4, 0.5) is 0 Å². The predicted octanol–water partition coefficient (Wildman–Crippen LogP) is 1.77. The molecule has 4 N–H and O–H groups in total. The van der Waals surface area contributed by atoms with Gasteiger partial charge in [0.05, 0.1) is 55.9 Å². The van der Waals surface area contributed by atoms with Crippen LogP contribution in [0.25, 0.3) is 0 Å². The maximum atomic E-state index is 12.9. The Hall–Kier alpha value is -2.44. The predicted molar refractivity (Wildman–Crippen MR) is 123 cm³/mol. The molecule has 1 aromatic rings. The highest BCUT2D eigenvalue weighted by Crippen LogP contribution is 2.41. The van der Waals surface area contributed by atoms with E-state index in [9.17, 15) is 18.0 Å². The average molecular weight is 505 g/mol. The maximum Gasteiger partial charge on any atom is 0.336 e. The van der Waals surface area contributed by atoms with E-state index in [4.69, 9.17) is 36.1 Å². The highest BCUT2D eigenvalue weighted by Gasteiger charge is 2.39. The van der Waals surface area contributed by atoms with Gasteiger partial charge in [-0.25, -0.2) is 9.59 Å². The molecule has 1 aliphatic heterocycles. The van der Waals surface area contributed by atoms with Crippen LogP contribution in [0, 0.1) is 0 Å². The van der Waals surface area contributed by atoms with E-state index >= 15 is 0 Å². The topological polar surface area (TPSA) is 154 Å². The molecule has 33 heavy (non-hydrogen) atoms. The molecule has 0 amide bonds. The summed E-state index contributed by atoms with van der Waals surface area (Å²) in [5, 5.41) is 3.52. The van der Waals surface area contributed by atoms with Gasteiger partial charge in [0.15, 0.2) is 0 Å². The first-order chi connectivity index (χ1) is 15.5. The number of nitrogens with two attached hydrogens (primary N) is 1. The van der Waals surface area contributed by atoms with Crippen LogP contribution < -0.4 is 11.1 Å². The smallest absolute Gasteiger partial charge is 0.336 e. The fraction of sp³-hybridized carbons (Fsp3) is 0.429.